The number of rotatable bonds is 10. The van der Waals surface area contributed by atoms with Gasteiger partial charge in [-0.15, -0.1) is 0 Å². The number of hydrogen-bond acceptors (Lipinski definition) is 6. The summed E-state index contributed by atoms with van der Waals surface area (Å²) in [6.07, 6.45) is 3.46. The smallest absolute Gasteiger partial charge is 0.332 e. The van der Waals surface area contributed by atoms with Crippen molar-refractivity contribution in [2.45, 2.75) is 65.3 Å². The number of benzene rings is 1. The summed E-state index contributed by atoms with van der Waals surface area (Å²) in [6, 6.07) is 9.37. The summed E-state index contributed by atoms with van der Waals surface area (Å²) in [6.45, 7) is 6.16. The molecular weight excluding hydrogens is 489 g/mol. The number of fused-ring (bicyclic) bond motifs is 1. The average Bonchev–Trinajstić information content (AvgIpc) is 3.64. The van der Waals surface area contributed by atoms with Crippen LogP contribution in [0.2, 0.25) is 0 Å². The van der Waals surface area contributed by atoms with Crippen LogP contribution in [0.5, 0.6) is 5.88 Å². The molecule has 1 aromatic carbocycles. The minimum absolute atomic E-state index is 0.0672. The van der Waals surface area contributed by atoms with E-state index in [2.05, 4.69) is 4.98 Å². The first-order chi connectivity index (χ1) is 18.2. The van der Waals surface area contributed by atoms with Crippen LogP contribution >= 0.6 is 0 Å². The lowest BCUT2D eigenvalue weighted by Crippen LogP contribution is -2.41. The van der Waals surface area contributed by atoms with E-state index in [1.807, 2.05) is 19.9 Å². The molecule has 4 aromatic rings. The summed E-state index contributed by atoms with van der Waals surface area (Å²) >= 11 is 0. The molecule has 9 nitrogen and oxygen atoms in total. The van der Waals surface area contributed by atoms with Crippen LogP contribution in [0.4, 0.5) is 4.39 Å². The average molecular weight is 522 g/mol. The van der Waals surface area contributed by atoms with Crippen molar-refractivity contribution in [3.63, 3.8) is 0 Å². The molecule has 1 saturated carbocycles. The molecule has 1 aliphatic rings. The molecule has 38 heavy (non-hydrogen) atoms. The number of nitrogens with zero attached hydrogens (tertiary/aromatic N) is 5. The van der Waals surface area contributed by atoms with Crippen molar-refractivity contribution in [3.8, 4) is 17.3 Å². The second-order valence-electron chi connectivity index (χ2n) is 10.3. The van der Waals surface area contributed by atoms with Crippen LogP contribution in [0.1, 0.15) is 51.6 Å². The van der Waals surface area contributed by atoms with Crippen LogP contribution in [-0.4, -0.2) is 41.5 Å². The zero-order chi connectivity index (χ0) is 27.0. The molecule has 1 aliphatic carbocycles. The summed E-state index contributed by atoms with van der Waals surface area (Å²) in [5, 5.41) is 9.84. The Labute approximate surface area is 219 Å². The van der Waals surface area contributed by atoms with Crippen LogP contribution in [0.15, 0.2) is 52.2 Å². The molecule has 3 aromatic heterocycles. The predicted octanol–water partition coefficient (Wildman–Crippen LogP) is 3.75. The van der Waals surface area contributed by atoms with Gasteiger partial charge in [-0.2, -0.15) is 0 Å². The number of halogens is 1. The first-order valence-corrected chi connectivity index (χ1v) is 13.0. The van der Waals surface area contributed by atoms with E-state index in [-0.39, 0.29) is 42.5 Å². The van der Waals surface area contributed by atoms with Crippen molar-refractivity contribution < 1.29 is 14.2 Å². The van der Waals surface area contributed by atoms with Crippen LogP contribution in [0, 0.1) is 11.7 Å². The topological polar surface area (TPSA) is 104 Å². The molecule has 1 atom stereocenters. The summed E-state index contributed by atoms with van der Waals surface area (Å²) in [5.41, 5.74) is 0.899. The van der Waals surface area contributed by atoms with E-state index in [4.69, 9.17) is 9.72 Å². The maximum Gasteiger partial charge on any atom is 0.332 e. The number of imidazole rings is 1. The first kappa shape index (κ1) is 25.8. The van der Waals surface area contributed by atoms with Gasteiger partial charge in [0.05, 0.1) is 18.3 Å². The van der Waals surface area contributed by atoms with Crippen molar-refractivity contribution in [1.82, 2.24) is 23.7 Å². The van der Waals surface area contributed by atoms with Crippen molar-refractivity contribution in [3.05, 3.63) is 74.8 Å². The molecule has 0 spiro atoms. The lowest BCUT2D eigenvalue weighted by atomic mass is 10.2. The molecule has 1 unspecified atom stereocenters. The molecule has 0 bridgehead atoms. The maximum absolute atomic E-state index is 13.9. The highest BCUT2D eigenvalue weighted by atomic mass is 19.1. The number of aliphatic hydroxyl groups is 1. The molecule has 5 rings (SSSR count). The highest BCUT2D eigenvalue weighted by Gasteiger charge is 2.27. The number of hydrogen-bond donors (Lipinski definition) is 1. The fourth-order valence-corrected chi connectivity index (χ4v) is 4.52. The van der Waals surface area contributed by atoms with Gasteiger partial charge in [-0.05, 0) is 75.8 Å². The zero-order valence-corrected chi connectivity index (χ0v) is 21.8. The Balaban J connectivity index is 1.77. The van der Waals surface area contributed by atoms with Crippen LogP contribution in [0.25, 0.3) is 22.6 Å². The Morgan fingerprint density at radius 2 is 1.84 bits per heavy atom. The van der Waals surface area contributed by atoms with E-state index in [0.29, 0.717) is 29.8 Å². The largest absolute Gasteiger partial charge is 0.477 e. The standard InChI is InChI=1S/C28H32FN5O4/c1-17(2)34-25-23(27(36)32(28(34)37)14-12-18(3)35)33(15-19-8-10-21(29)11-9-19)24(31-25)22-5-4-13-30-26(22)38-16-20-6-7-20/h4-5,8-11,13,17-18,20,35H,6-7,12,14-16H2,1-3H3. The van der Waals surface area contributed by atoms with E-state index < -0.39 is 17.4 Å². The van der Waals surface area contributed by atoms with Gasteiger partial charge in [-0.1, -0.05) is 12.1 Å². The van der Waals surface area contributed by atoms with Gasteiger partial charge in [0.15, 0.2) is 11.2 Å². The highest BCUT2D eigenvalue weighted by molar-refractivity contribution is 5.78. The molecule has 3 heterocycles. The summed E-state index contributed by atoms with van der Waals surface area (Å²) in [5.74, 6) is 0.988. The first-order valence-electron chi connectivity index (χ1n) is 13.0. The third-order valence-corrected chi connectivity index (χ3v) is 6.77. The van der Waals surface area contributed by atoms with Gasteiger partial charge in [0.1, 0.15) is 11.6 Å². The van der Waals surface area contributed by atoms with Crippen LogP contribution in [-0.2, 0) is 13.1 Å². The van der Waals surface area contributed by atoms with Gasteiger partial charge in [0.25, 0.3) is 5.56 Å². The fraction of sp³-hybridized carbons (Fsp3) is 0.429. The van der Waals surface area contributed by atoms with E-state index >= 15 is 0 Å². The molecule has 10 heteroatoms. The number of aromatic nitrogens is 5. The van der Waals surface area contributed by atoms with E-state index in [1.165, 1.54) is 16.7 Å². The summed E-state index contributed by atoms with van der Waals surface area (Å²) in [7, 11) is 0. The van der Waals surface area contributed by atoms with Gasteiger partial charge >= 0.3 is 5.69 Å². The SMILES string of the molecule is CC(O)CCn1c(=O)c2c(nc(-c3cccnc3OCC3CC3)n2Cc2ccc(F)cc2)n(C(C)C)c1=O. The molecular formula is C28H32FN5O4. The zero-order valence-electron chi connectivity index (χ0n) is 21.8. The predicted molar refractivity (Wildman–Crippen MR) is 142 cm³/mol. The van der Waals surface area contributed by atoms with Crippen molar-refractivity contribution >= 4 is 11.2 Å². The maximum atomic E-state index is 13.9. The van der Waals surface area contributed by atoms with Crippen molar-refractivity contribution in [1.29, 1.82) is 0 Å². The fourth-order valence-electron chi connectivity index (χ4n) is 4.52. The molecule has 0 saturated heterocycles. The summed E-state index contributed by atoms with van der Waals surface area (Å²) in [4.78, 5) is 36.6. The van der Waals surface area contributed by atoms with Gasteiger partial charge in [0, 0.05) is 25.3 Å². The highest BCUT2D eigenvalue weighted by Crippen LogP contribution is 2.33. The third kappa shape index (κ3) is 5.13. The third-order valence-electron chi connectivity index (χ3n) is 6.77. The molecule has 0 aliphatic heterocycles. The molecule has 1 fully saturated rings. The lowest BCUT2D eigenvalue weighted by Gasteiger charge is -2.16. The molecule has 200 valence electrons. The van der Waals surface area contributed by atoms with Crippen molar-refractivity contribution in [2.75, 3.05) is 6.61 Å². The minimum atomic E-state index is -0.675. The van der Waals surface area contributed by atoms with Gasteiger partial charge < -0.3 is 14.4 Å². The molecule has 1 N–H and O–H groups in total. The number of ether oxygens (including phenoxy) is 1. The monoisotopic (exact) mass is 521 g/mol. The van der Waals surface area contributed by atoms with E-state index in [9.17, 15) is 19.1 Å². The Bertz CT molecular complexity index is 1570. The minimum Gasteiger partial charge on any atom is -0.477 e. The van der Waals surface area contributed by atoms with E-state index in [0.717, 1.165) is 23.0 Å². The summed E-state index contributed by atoms with van der Waals surface area (Å²) < 4.78 is 24.1. The van der Waals surface area contributed by atoms with Gasteiger partial charge in [-0.25, -0.2) is 19.2 Å². The van der Waals surface area contributed by atoms with Gasteiger partial charge in [0.2, 0.25) is 5.88 Å². The van der Waals surface area contributed by atoms with Crippen molar-refractivity contribution in [2.24, 2.45) is 5.92 Å². The van der Waals surface area contributed by atoms with Crippen LogP contribution in [0.3, 0.4) is 0 Å². The number of aliphatic hydroxyl groups excluding tert-OH is 1. The second-order valence-corrected chi connectivity index (χ2v) is 10.3. The van der Waals surface area contributed by atoms with E-state index in [1.54, 1.807) is 35.9 Å². The van der Waals surface area contributed by atoms with Gasteiger partial charge in [-0.3, -0.25) is 13.9 Å². The Hall–Kier alpha value is -3.79. The Morgan fingerprint density at radius 1 is 1.11 bits per heavy atom. The lowest BCUT2D eigenvalue weighted by molar-refractivity contribution is 0.176. The Morgan fingerprint density at radius 3 is 2.50 bits per heavy atom. The number of pyridine rings is 1. The normalized spacial score (nSPS) is 14.4. The second kappa shape index (κ2) is 10.5. The molecule has 0 amide bonds. The quantitative estimate of drug-likeness (QED) is 0.341. The molecule has 0 radical (unpaired) electrons. The Kier molecular flexibility index (Phi) is 7.16. The van der Waals surface area contributed by atoms with Crippen LogP contribution < -0.4 is 16.0 Å².